The van der Waals surface area contributed by atoms with Crippen LogP contribution in [0.25, 0.3) is 10.8 Å². The molecule has 0 heterocycles. The van der Waals surface area contributed by atoms with Crippen molar-refractivity contribution in [2.24, 2.45) is 0 Å². The normalized spacial score (nSPS) is 9.29. The minimum Gasteiger partial charge on any atom is -0.366 e. The molecule has 0 saturated heterocycles. The number of hydrogen-bond donors (Lipinski definition) is 0. The van der Waals surface area contributed by atoms with Crippen molar-refractivity contribution in [3.05, 3.63) is 53.9 Å². The second kappa shape index (κ2) is 3.29. The summed E-state index contributed by atoms with van der Waals surface area (Å²) >= 11 is 0. The Hall–Kier alpha value is -2.18. The Labute approximate surface area is 83.6 Å². The molecule has 0 aliphatic rings. The quantitative estimate of drug-likeness (QED) is 0.426. The van der Waals surface area contributed by atoms with Crippen molar-refractivity contribution >= 4 is 10.8 Å². The van der Waals surface area contributed by atoms with Crippen LogP contribution < -0.4 is 0 Å². The summed E-state index contributed by atoms with van der Waals surface area (Å²) in [6.07, 6.45) is 12.6. The van der Waals surface area contributed by atoms with E-state index in [0.29, 0.717) is 0 Å². The SMILES string of the molecule is [C-]#Cc1cccc2cccc(C#C)c12. The number of hydrogen-bond acceptors (Lipinski definition) is 0. The highest BCUT2D eigenvalue weighted by atomic mass is 14.0. The van der Waals surface area contributed by atoms with Gasteiger partial charge in [-0.25, -0.2) is 0 Å². The first-order valence-electron chi connectivity index (χ1n) is 4.28. The lowest BCUT2D eigenvalue weighted by Crippen LogP contribution is -1.83. The third kappa shape index (κ3) is 1.15. The Morgan fingerprint density at radius 2 is 1.64 bits per heavy atom. The molecule has 0 fully saturated rings. The first-order chi connectivity index (χ1) is 6.86. The van der Waals surface area contributed by atoms with Crippen LogP contribution >= 0.6 is 0 Å². The predicted molar refractivity (Wildman–Crippen MR) is 58.1 cm³/mol. The van der Waals surface area contributed by atoms with Crippen LogP contribution in [-0.2, 0) is 0 Å². The van der Waals surface area contributed by atoms with Crippen molar-refractivity contribution < 1.29 is 0 Å². The van der Waals surface area contributed by atoms with Gasteiger partial charge in [0.1, 0.15) is 0 Å². The summed E-state index contributed by atoms with van der Waals surface area (Å²) in [7, 11) is 0. The van der Waals surface area contributed by atoms with Gasteiger partial charge in [0.15, 0.2) is 0 Å². The van der Waals surface area contributed by atoms with Crippen LogP contribution in [0.2, 0.25) is 0 Å². The predicted octanol–water partition coefficient (Wildman–Crippen LogP) is 2.76. The summed E-state index contributed by atoms with van der Waals surface area (Å²) in [6.45, 7) is 0. The molecule has 0 unspecified atom stereocenters. The molecule has 0 N–H and O–H groups in total. The number of benzene rings is 2. The van der Waals surface area contributed by atoms with Crippen molar-refractivity contribution in [2.75, 3.05) is 0 Å². The van der Waals surface area contributed by atoms with Crippen LogP contribution in [0.1, 0.15) is 11.1 Å². The smallest absolute Gasteiger partial charge is 0.0154 e. The largest absolute Gasteiger partial charge is 0.366 e. The molecule has 0 bridgehead atoms. The molecule has 0 heteroatoms. The van der Waals surface area contributed by atoms with E-state index in [-0.39, 0.29) is 0 Å². The average molecular weight is 175 g/mol. The molecule has 0 nitrogen and oxygen atoms in total. The molecular formula is C14H7-. The van der Waals surface area contributed by atoms with Gasteiger partial charge in [-0.05, 0) is 11.5 Å². The van der Waals surface area contributed by atoms with Crippen LogP contribution in [0.3, 0.4) is 0 Å². The lowest BCUT2D eigenvalue weighted by atomic mass is 10.00. The van der Waals surface area contributed by atoms with E-state index in [0.717, 1.165) is 21.9 Å². The minimum absolute atomic E-state index is 0.746. The fourth-order valence-electron chi connectivity index (χ4n) is 1.57. The van der Waals surface area contributed by atoms with Gasteiger partial charge < -0.3 is 6.42 Å². The molecule has 0 amide bonds. The zero-order valence-electron chi connectivity index (χ0n) is 7.54. The molecule has 14 heavy (non-hydrogen) atoms. The molecule has 0 aliphatic heterocycles. The van der Waals surface area contributed by atoms with E-state index in [4.69, 9.17) is 12.8 Å². The summed E-state index contributed by atoms with van der Waals surface area (Å²) in [4.78, 5) is 0. The van der Waals surface area contributed by atoms with Gasteiger partial charge >= 0.3 is 0 Å². The van der Waals surface area contributed by atoms with E-state index < -0.39 is 0 Å². The molecule has 2 aromatic carbocycles. The molecule has 0 spiro atoms. The van der Waals surface area contributed by atoms with E-state index in [9.17, 15) is 0 Å². The summed E-state index contributed by atoms with van der Waals surface area (Å²) in [5.74, 6) is 5.02. The Bertz CT molecular complexity index is 514. The molecule has 0 aliphatic carbocycles. The van der Waals surface area contributed by atoms with Crippen LogP contribution in [0.4, 0.5) is 0 Å². The van der Waals surface area contributed by atoms with Crippen molar-refractivity contribution in [1.29, 1.82) is 0 Å². The summed E-state index contributed by atoms with van der Waals surface area (Å²) in [6, 6.07) is 11.5. The summed E-state index contributed by atoms with van der Waals surface area (Å²) < 4.78 is 0. The van der Waals surface area contributed by atoms with Crippen molar-refractivity contribution in [2.45, 2.75) is 0 Å². The van der Waals surface area contributed by atoms with E-state index >= 15 is 0 Å². The highest BCUT2D eigenvalue weighted by molar-refractivity contribution is 5.92. The lowest BCUT2D eigenvalue weighted by molar-refractivity contribution is 1.67. The van der Waals surface area contributed by atoms with Crippen LogP contribution in [0, 0.1) is 24.7 Å². The van der Waals surface area contributed by atoms with Gasteiger partial charge in [0.25, 0.3) is 0 Å². The van der Waals surface area contributed by atoms with Gasteiger partial charge in [-0.2, -0.15) is 0 Å². The standard InChI is InChI=1S/C14H7/c1-3-11-7-5-9-13-10-6-8-12(4-2)14(11)13/h1,5-10H/q-1. The Kier molecular flexibility index (Phi) is 1.98. The van der Waals surface area contributed by atoms with E-state index in [1.807, 2.05) is 36.4 Å². The average Bonchev–Trinajstić information content (AvgIpc) is 2.27. The molecule has 2 rings (SSSR count). The first-order valence-corrected chi connectivity index (χ1v) is 4.28. The number of terminal acetylenes is 1. The number of rotatable bonds is 0. The zero-order valence-corrected chi connectivity index (χ0v) is 7.54. The summed E-state index contributed by atoms with van der Waals surface area (Å²) in [5.41, 5.74) is 1.56. The second-order valence-corrected chi connectivity index (χ2v) is 2.98. The van der Waals surface area contributed by atoms with Crippen molar-refractivity contribution in [3.63, 3.8) is 0 Å². The van der Waals surface area contributed by atoms with Gasteiger partial charge in [-0.15, -0.1) is 18.1 Å². The fourth-order valence-corrected chi connectivity index (χ4v) is 1.57. The molecule has 64 valence electrons. The van der Waals surface area contributed by atoms with Crippen LogP contribution in [0.15, 0.2) is 36.4 Å². The van der Waals surface area contributed by atoms with Gasteiger partial charge in [-0.1, -0.05) is 35.6 Å². The molecule has 0 aromatic heterocycles. The summed E-state index contributed by atoms with van der Waals surface area (Å²) in [5, 5.41) is 1.99. The second-order valence-electron chi connectivity index (χ2n) is 2.98. The minimum atomic E-state index is 0.746. The molecule has 0 radical (unpaired) electrons. The maximum atomic E-state index is 7.18. The monoisotopic (exact) mass is 175 g/mol. The van der Waals surface area contributed by atoms with E-state index in [1.54, 1.807) is 0 Å². The van der Waals surface area contributed by atoms with Crippen molar-refractivity contribution in [1.82, 2.24) is 0 Å². The maximum absolute atomic E-state index is 7.18. The third-order valence-corrected chi connectivity index (χ3v) is 2.19. The van der Waals surface area contributed by atoms with Gasteiger partial charge in [-0.3, -0.25) is 5.92 Å². The van der Waals surface area contributed by atoms with Crippen LogP contribution in [-0.4, -0.2) is 0 Å². The van der Waals surface area contributed by atoms with E-state index in [1.165, 1.54) is 0 Å². The number of fused-ring (bicyclic) bond motifs is 1. The molecule has 0 atom stereocenters. The molecule has 2 aromatic rings. The topological polar surface area (TPSA) is 0 Å². The Morgan fingerprint density at radius 3 is 2.21 bits per heavy atom. The molecular weight excluding hydrogens is 168 g/mol. The zero-order chi connectivity index (χ0) is 9.97. The van der Waals surface area contributed by atoms with Crippen molar-refractivity contribution in [3.8, 4) is 18.3 Å². The van der Waals surface area contributed by atoms with Gasteiger partial charge in [0.2, 0.25) is 0 Å². The third-order valence-electron chi connectivity index (χ3n) is 2.19. The van der Waals surface area contributed by atoms with E-state index in [2.05, 4.69) is 11.8 Å². The Morgan fingerprint density at radius 1 is 1.00 bits per heavy atom. The maximum Gasteiger partial charge on any atom is 0.0154 e. The van der Waals surface area contributed by atoms with Gasteiger partial charge in [0, 0.05) is 5.56 Å². The highest BCUT2D eigenvalue weighted by Crippen LogP contribution is 2.21. The lowest BCUT2D eigenvalue weighted by Gasteiger charge is -2.09. The Balaban J connectivity index is 2.99. The molecule has 0 saturated carbocycles. The van der Waals surface area contributed by atoms with Gasteiger partial charge in [0.05, 0.1) is 0 Å². The fraction of sp³-hybridized carbons (Fsp3) is 0. The highest BCUT2D eigenvalue weighted by Gasteiger charge is 1.95. The first kappa shape index (κ1) is 8.42. The van der Waals surface area contributed by atoms with Crippen LogP contribution in [0.5, 0.6) is 0 Å².